The van der Waals surface area contributed by atoms with Gasteiger partial charge in [-0.3, -0.25) is 0 Å². The molecule has 0 amide bonds. The quantitative estimate of drug-likeness (QED) is 0.697. The molecular weight excluding hydrogens is 365 g/mol. The monoisotopic (exact) mass is 393 g/mol. The van der Waals surface area contributed by atoms with Gasteiger partial charge in [0.25, 0.3) is 0 Å². The van der Waals surface area contributed by atoms with Crippen LogP contribution in [0.15, 0.2) is 42.5 Å². The molecule has 1 fully saturated rings. The fourth-order valence-corrected chi connectivity index (χ4v) is 3.91. The Morgan fingerprint density at radius 1 is 1.14 bits per heavy atom. The molecule has 0 bridgehead atoms. The molecule has 1 aliphatic rings. The predicted molar refractivity (Wildman–Crippen MR) is 117 cm³/mol. The van der Waals surface area contributed by atoms with Gasteiger partial charge < -0.3 is 15.5 Å². The molecule has 1 aliphatic heterocycles. The lowest BCUT2D eigenvalue weighted by Gasteiger charge is -2.24. The summed E-state index contributed by atoms with van der Waals surface area (Å²) in [5.41, 5.74) is 4.34. The molecule has 4 rings (SSSR count). The summed E-state index contributed by atoms with van der Waals surface area (Å²) in [5.74, 6) is 0.756. The largest absolute Gasteiger partial charge is 0.367 e. The van der Waals surface area contributed by atoms with E-state index in [0.717, 1.165) is 41.1 Å². The van der Waals surface area contributed by atoms with Crippen LogP contribution in [0.2, 0.25) is 0 Å². The Morgan fingerprint density at radius 2 is 2.00 bits per heavy atom. The van der Waals surface area contributed by atoms with E-state index >= 15 is 0 Å². The third-order valence-electron chi connectivity index (χ3n) is 5.55. The van der Waals surface area contributed by atoms with Crippen LogP contribution in [0, 0.1) is 13.8 Å². The van der Waals surface area contributed by atoms with E-state index in [-0.39, 0.29) is 6.04 Å². The van der Waals surface area contributed by atoms with Gasteiger partial charge in [-0.05, 0) is 38.5 Å². The van der Waals surface area contributed by atoms with Crippen LogP contribution in [0.1, 0.15) is 29.8 Å². The first-order valence-electron chi connectivity index (χ1n) is 10.2. The normalized spacial score (nSPS) is 18.5. The van der Waals surface area contributed by atoms with E-state index in [9.17, 15) is 4.39 Å². The second kappa shape index (κ2) is 8.33. The second-order valence-corrected chi connectivity index (χ2v) is 7.89. The average Bonchev–Trinajstić information content (AvgIpc) is 2.94. The van der Waals surface area contributed by atoms with Gasteiger partial charge in [-0.1, -0.05) is 35.9 Å². The number of halogens is 1. The Hall–Kier alpha value is -2.73. The van der Waals surface area contributed by atoms with Crippen LogP contribution in [0.5, 0.6) is 0 Å². The lowest BCUT2D eigenvalue weighted by molar-refractivity contribution is 0.337. The lowest BCUT2D eigenvalue weighted by Crippen LogP contribution is -2.30. The summed E-state index contributed by atoms with van der Waals surface area (Å²) in [4.78, 5) is 2.10. The highest BCUT2D eigenvalue weighted by Gasteiger charge is 2.19. The molecule has 1 aromatic heterocycles. The predicted octanol–water partition coefficient (Wildman–Crippen LogP) is 4.17. The zero-order chi connectivity index (χ0) is 20.4. The number of rotatable bonds is 4. The van der Waals surface area contributed by atoms with Gasteiger partial charge in [0, 0.05) is 36.1 Å². The van der Waals surface area contributed by atoms with Crippen molar-refractivity contribution >= 4 is 22.3 Å². The van der Waals surface area contributed by atoms with Gasteiger partial charge in [0.05, 0.1) is 18.3 Å². The summed E-state index contributed by atoms with van der Waals surface area (Å²) in [6, 6.07) is 14.8. The molecule has 2 aromatic carbocycles. The molecular formula is C23H28FN5. The number of nitrogens with one attached hydrogen (secondary N) is 2. The highest BCUT2D eigenvalue weighted by atomic mass is 19.1. The van der Waals surface area contributed by atoms with Gasteiger partial charge >= 0.3 is 0 Å². The second-order valence-electron chi connectivity index (χ2n) is 7.89. The van der Waals surface area contributed by atoms with Crippen LogP contribution in [-0.2, 0) is 0 Å². The van der Waals surface area contributed by atoms with Gasteiger partial charge in [-0.15, -0.1) is 5.10 Å². The third kappa shape index (κ3) is 4.32. The molecule has 6 heteroatoms. The van der Waals surface area contributed by atoms with Crippen LogP contribution in [0.3, 0.4) is 0 Å². The molecule has 0 unspecified atom stereocenters. The fraction of sp³-hybridized carbons (Fsp3) is 0.391. The standard InChI is InChI=1S/C23H28FN5/c1-15-5-4-6-18(11-15)16(2)26-23-22-12-20(7-8-21(22)17(3)27-28-23)29-10-9-25-13-19(24)14-29/h4-8,11-12,16,19,25H,9-10,13-14H2,1-3H3,(H,26,28)/t16-,19+/m1/s1. The molecule has 0 spiro atoms. The summed E-state index contributed by atoms with van der Waals surface area (Å²) < 4.78 is 14.1. The number of aryl methyl sites for hydroxylation is 2. The first-order chi connectivity index (χ1) is 14.0. The minimum atomic E-state index is -0.871. The van der Waals surface area contributed by atoms with Crippen LogP contribution in [0.25, 0.3) is 10.8 Å². The van der Waals surface area contributed by atoms with E-state index in [1.54, 1.807) is 0 Å². The molecule has 0 aliphatic carbocycles. The maximum atomic E-state index is 14.1. The van der Waals surface area contributed by atoms with E-state index in [2.05, 4.69) is 82.0 Å². The van der Waals surface area contributed by atoms with E-state index in [1.807, 2.05) is 6.92 Å². The molecule has 0 radical (unpaired) electrons. The molecule has 2 N–H and O–H groups in total. The van der Waals surface area contributed by atoms with Gasteiger partial charge in [-0.2, -0.15) is 5.10 Å². The molecule has 5 nitrogen and oxygen atoms in total. The summed E-state index contributed by atoms with van der Waals surface area (Å²) >= 11 is 0. The van der Waals surface area contributed by atoms with E-state index in [1.165, 1.54) is 11.1 Å². The Balaban J connectivity index is 1.69. The van der Waals surface area contributed by atoms with Gasteiger partial charge in [0.15, 0.2) is 5.82 Å². The number of anilines is 2. The fourth-order valence-electron chi connectivity index (χ4n) is 3.91. The number of benzene rings is 2. The number of nitrogens with zero attached hydrogens (tertiary/aromatic N) is 3. The number of aromatic nitrogens is 2. The Morgan fingerprint density at radius 3 is 2.83 bits per heavy atom. The van der Waals surface area contributed by atoms with Crippen LogP contribution >= 0.6 is 0 Å². The van der Waals surface area contributed by atoms with Crippen molar-refractivity contribution in [3.8, 4) is 0 Å². The lowest BCUT2D eigenvalue weighted by atomic mass is 10.0. The molecule has 0 saturated carbocycles. The van der Waals surface area contributed by atoms with Crippen LogP contribution in [-0.4, -0.2) is 42.5 Å². The van der Waals surface area contributed by atoms with Crippen molar-refractivity contribution in [3.63, 3.8) is 0 Å². The summed E-state index contributed by atoms with van der Waals surface area (Å²) in [6.45, 7) is 8.57. The van der Waals surface area contributed by atoms with Gasteiger partial charge in [0.1, 0.15) is 6.17 Å². The average molecular weight is 394 g/mol. The minimum absolute atomic E-state index is 0.0939. The van der Waals surface area contributed by atoms with Gasteiger partial charge in [-0.25, -0.2) is 4.39 Å². The number of fused-ring (bicyclic) bond motifs is 1. The summed E-state index contributed by atoms with van der Waals surface area (Å²) in [5, 5.41) is 17.6. The Labute approximate surface area is 171 Å². The van der Waals surface area contributed by atoms with Crippen LogP contribution in [0.4, 0.5) is 15.9 Å². The topological polar surface area (TPSA) is 53.1 Å². The first kappa shape index (κ1) is 19.6. The Kier molecular flexibility index (Phi) is 5.62. The molecule has 2 atom stereocenters. The van der Waals surface area contributed by atoms with Crippen molar-refractivity contribution in [1.29, 1.82) is 0 Å². The SMILES string of the molecule is Cc1cccc([C@@H](C)Nc2nnc(C)c3ccc(N4CCNC[C@H](F)C4)cc23)c1. The number of alkyl halides is 1. The molecule has 152 valence electrons. The summed E-state index contributed by atoms with van der Waals surface area (Å²) in [6.07, 6.45) is -0.871. The van der Waals surface area contributed by atoms with Crippen molar-refractivity contribution in [1.82, 2.24) is 15.5 Å². The maximum Gasteiger partial charge on any atom is 0.157 e. The van der Waals surface area contributed by atoms with Crippen molar-refractivity contribution in [2.75, 3.05) is 36.4 Å². The first-order valence-corrected chi connectivity index (χ1v) is 10.2. The molecule has 3 aromatic rings. The Bertz CT molecular complexity index is 1010. The number of hydrogen-bond donors (Lipinski definition) is 2. The van der Waals surface area contributed by atoms with Crippen LogP contribution < -0.4 is 15.5 Å². The summed E-state index contributed by atoms with van der Waals surface area (Å²) in [7, 11) is 0. The maximum absolute atomic E-state index is 14.1. The van der Waals surface area contributed by atoms with Crippen molar-refractivity contribution in [2.45, 2.75) is 33.0 Å². The van der Waals surface area contributed by atoms with Crippen molar-refractivity contribution < 1.29 is 4.39 Å². The smallest absolute Gasteiger partial charge is 0.157 e. The zero-order valence-corrected chi connectivity index (χ0v) is 17.2. The zero-order valence-electron chi connectivity index (χ0n) is 17.2. The number of hydrogen-bond acceptors (Lipinski definition) is 5. The van der Waals surface area contributed by atoms with Crippen molar-refractivity contribution in [2.24, 2.45) is 0 Å². The minimum Gasteiger partial charge on any atom is -0.367 e. The molecule has 1 saturated heterocycles. The molecule has 2 heterocycles. The highest BCUT2D eigenvalue weighted by molar-refractivity contribution is 5.95. The van der Waals surface area contributed by atoms with E-state index in [4.69, 9.17) is 0 Å². The third-order valence-corrected chi connectivity index (χ3v) is 5.55. The highest BCUT2D eigenvalue weighted by Crippen LogP contribution is 2.30. The van der Waals surface area contributed by atoms with E-state index in [0.29, 0.717) is 13.1 Å². The van der Waals surface area contributed by atoms with Gasteiger partial charge in [0.2, 0.25) is 0 Å². The van der Waals surface area contributed by atoms with Crippen molar-refractivity contribution in [3.05, 3.63) is 59.3 Å². The van der Waals surface area contributed by atoms with E-state index < -0.39 is 6.17 Å². The molecule has 29 heavy (non-hydrogen) atoms.